The Hall–Kier alpha value is -2.84. The molecule has 0 saturated heterocycles. The summed E-state index contributed by atoms with van der Waals surface area (Å²) in [6.45, 7) is 0. The van der Waals surface area contributed by atoms with E-state index in [1.807, 2.05) is 11.3 Å². The number of para-hydroxylation sites is 2. The zero-order valence-corrected chi connectivity index (χ0v) is 13.8. The molecule has 0 spiro atoms. The van der Waals surface area contributed by atoms with E-state index in [-0.39, 0.29) is 0 Å². The van der Waals surface area contributed by atoms with Crippen LogP contribution >= 0.6 is 11.3 Å². The van der Waals surface area contributed by atoms with E-state index in [1.165, 1.54) is 37.9 Å². The number of hydrogen-bond donors (Lipinski definition) is 0. The van der Waals surface area contributed by atoms with Gasteiger partial charge in [-0.25, -0.2) is 0 Å². The van der Waals surface area contributed by atoms with Crippen LogP contribution in [0.3, 0.4) is 0 Å². The standard InChI is InChI=1S/C22H15NS/c1-2-9-17(10-3-1)23-20-12-6-4-8-16(20)14-21(23)19-15-24-22-13-7-5-11-18(19)22/h1-15H. The molecule has 5 aromatic rings. The molecule has 0 bridgehead atoms. The van der Waals surface area contributed by atoms with Gasteiger partial charge in [0.05, 0.1) is 11.2 Å². The van der Waals surface area contributed by atoms with Crippen LogP contribution in [0.15, 0.2) is 90.3 Å². The Labute approximate surface area is 144 Å². The van der Waals surface area contributed by atoms with Gasteiger partial charge in [-0.3, -0.25) is 0 Å². The van der Waals surface area contributed by atoms with Gasteiger partial charge in [0.25, 0.3) is 0 Å². The number of aromatic nitrogens is 1. The summed E-state index contributed by atoms with van der Waals surface area (Å²) in [7, 11) is 0. The molecule has 2 heteroatoms. The van der Waals surface area contributed by atoms with Crippen molar-refractivity contribution < 1.29 is 0 Å². The highest BCUT2D eigenvalue weighted by molar-refractivity contribution is 7.17. The Morgan fingerprint density at radius 1 is 0.708 bits per heavy atom. The summed E-state index contributed by atoms with van der Waals surface area (Å²) in [6.07, 6.45) is 0. The van der Waals surface area contributed by atoms with E-state index in [0.717, 1.165) is 0 Å². The minimum absolute atomic E-state index is 1.20. The average molecular weight is 325 g/mol. The molecule has 0 radical (unpaired) electrons. The fraction of sp³-hybridized carbons (Fsp3) is 0. The van der Waals surface area contributed by atoms with Crippen molar-refractivity contribution in [1.82, 2.24) is 4.57 Å². The van der Waals surface area contributed by atoms with E-state index in [9.17, 15) is 0 Å². The van der Waals surface area contributed by atoms with Crippen molar-refractivity contribution in [2.75, 3.05) is 0 Å². The van der Waals surface area contributed by atoms with Crippen LogP contribution in [0.1, 0.15) is 0 Å². The molecule has 0 N–H and O–H groups in total. The first-order valence-corrected chi connectivity index (χ1v) is 8.92. The van der Waals surface area contributed by atoms with Crippen LogP contribution in [-0.2, 0) is 0 Å². The maximum atomic E-state index is 2.36. The van der Waals surface area contributed by atoms with E-state index in [2.05, 4.69) is 94.9 Å². The summed E-state index contributed by atoms with van der Waals surface area (Å²) in [6, 6.07) is 30.1. The number of hydrogen-bond acceptors (Lipinski definition) is 1. The highest BCUT2D eigenvalue weighted by atomic mass is 32.1. The molecule has 5 rings (SSSR count). The first kappa shape index (κ1) is 13.6. The van der Waals surface area contributed by atoms with Crippen molar-refractivity contribution in [1.29, 1.82) is 0 Å². The highest BCUT2D eigenvalue weighted by Crippen LogP contribution is 2.38. The second kappa shape index (κ2) is 5.36. The normalized spacial score (nSPS) is 11.3. The van der Waals surface area contributed by atoms with Gasteiger partial charge < -0.3 is 4.57 Å². The first-order valence-electron chi connectivity index (χ1n) is 8.04. The summed E-state index contributed by atoms with van der Waals surface area (Å²) in [4.78, 5) is 0. The van der Waals surface area contributed by atoms with Gasteiger partial charge in [0.2, 0.25) is 0 Å². The minimum atomic E-state index is 1.20. The number of fused-ring (bicyclic) bond motifs is 2. The second-order valence-electron chi connectivity index (χ2n) is 5.90. The van der Waals surface area contributed by atoms with E-state index in [4.69, 9.17) is 0 Å². The molecule has 0 atom stereocenters. The first-order chi connectivity index (χ1) is 11.9. The van der Waals surface area contributed by atoms with E-state index in [0.29, 0.717) is 0 Å². The van der Waals surface area contributed by atoms with Crippen LogP contribution < -0.4 is 0 Å². The Balaban J connectivity index is 1.89. The molecular formula is C22H15NS. The number of rotatable bonds is 2. The lowest BCUT2D eigenvalue weighted by Gasteiger charge is -2.10. The third-order valence-corrected chi connectivity index (χ3v) is 5.45. The lowest BCUT2D eigenvalue weighted by Crippen LogP contribution is -1.95. The predicted molar refractivity (Wildman–Crippen MR) is 104 cm³/mol. The predicted octanol–water partition coefficient (Wildman–Crippen LogP) is 6.51. The molecule has 0 aliphatic rings. The van der Waals surface area contributed by atoms with Crippen LogP contribution in [0.25, 0.3) is 37.9 Å². The van der Waals surface area contributed by atoms with Gasteiger partial charge in [-0.1, -0.05) is 54.6 Å². The highest BCUT2D eigenvalue weighted by Gasteiger charge is 2.15. The van der Waals surface area contributed by atoms with Crippen LogP contribution in [-0.4, -0.2) is 4.57 Å². The number of nitrogens with zero attached hydrogens (tertiary/aromatic N) is 1. The molecule has 0 unspecified atom stereocenters. The topological polar surface area (TPSA) is 4.93 Å². The van der Waals surface area contributed by atoms with Gasteiger partial charge in [0, 0.05) is 32.1 Å². The molecule has 114 valence electrons. The third kappa shape index (κ3) is 2.00. The molecule has 1 nitrogen and oxygen atoms in total. The molecule has 2 aromatic heterocycles. The fourth-order valence-electron chi connectivity index (χ4n) is 3.38. The van der Waals surface area contributed by atoms with Crippen molar-refractivity contribution >= 4 is 32.3 Å². The maximum absolute atomic E-state index is 2.36. The molecule has 2 heterocycles. The number of thiophene rings is 1. The summed E-state index contributed by atoms with van der Waals surface area (Å²) in [5.41, 5.74) is 4.99. The average Bonchev–Trinajstić information content (AvgIpc) is 3.23. The van der Waals surface area contributed by atoms with Crippen molar-refractivity contribution in [3.05, 3.63) is 90.3 Å². The van der Waals surface area contributed by atoms with Gasteiger partial charge in [0.15, 0.2) is 0 Å². The summed E-state index contributed by atoms with van der Waals surface area (Å²) >= 11 is 1.81. The van der Waals surface area contributed by atoms with Gasteiger partial charge in [-0.05, 0) is 30.3 Å². The summed E-state index contributed by atoms with van der Waals surface area (Å²) in [5.74, 6) is 0. The Morgan fingerprint density at radius 2 is 1.46 bits per heavy atom. The quantitative estimate of drug-likeness (QED) is 0.348. The molecule has 0 saturated carbocycles. The molecule has 0 fully saturated rings. The minimum Gasteiger partial charge on any atom is -0.309 e. The van der Waals surface area contributed by atoms with Gasteiger partial charge >= 0.3 is 0 Å². The van der Waals surface area contributed by atoms with Gasteiger partial charge in [-0.2, -0.15) is 0 Å². The lowest BCUT2D eigenvalue weighted by molar-refractivity contribution is 1.14. The van der Waals surface area contributed by atoms with Crippen molar-refractivity contribution in [2.24, 2.45) is 0 Å². The molecule has 24 heavy (non-hydrogen) atoms. The smallest absolute Gasteiger partial charge is 0.0555 e. The molecule has 0 aliphatic carbocycles. The maximum Gasteiger partial charge on any atom is 0.0555 e. The van der Waals surface area contributed by atoms with Gasteiger partial charge in [-0.15, -0.1) is 11.3 Å². The van der Waals surface area contributed by atoms with Crippen LogP contribution in [0.4, 0.5) is 0 Å². The number of benzene rings is 3. The van der Waals surface area contributed by atoms with Crippen LogP contribution in [0, 0.1) is 0 Å². The zero-order valence-electron chi connectivity index (χ0n) is 13.0. The molecule has 0 amide bonds. The van der Waals surface area contributed by atoms with Crippen molar-refractivity contribution in [2.45, 2.75) is 0 Å². The molecule has 0 aliphatic heterocycles. The van der Waals surface area contributed by atoms with Crippen molar-refractivity contribution in [3.63, 3.8) is 0 Å². The lowest BCUT2D eigenvalue weighted by atomic mass is 10.1. The second-order valence-corrected chi connectivity index (χ2v) is 6.82. The van der Waals surface area contributed by atoms with E-state index in [1.54, 1.807) is 0 Å². The molecular weight excluding hydrogens is 310 g/mol. The summed E-state index contributed by atoms with van der Waals surface area (Å²) < 4.78 is 3.70. The van der Waals surface area contributed by atoms with E-state index >= 15 is 0 Å². The largest absolute Gasteiger partial charge is 0.309 e. The zero-order chi connectivity index (χ0) is 15.9. The summed E-state index contributed by atoms with van der Waals surface area (Å²) in [5, 5.41) is 4.87. The fourth-order valence-corrected chi connectivity index (χ4v) is 4.34. The monoisotopic (exact) mass is 325 g/mol. The van der Waals surface area contributed by atoms with Gasteiger partial charge in [0.1, 0.15) is 0 Å². The van der Waals surface area contributed by atoms with Crippen molar-refractivity contribution in [3.8, 4) is 16.9 Å². The van der Waals surface area contributed by atoms with Crippen LogP contribution in [0.5, 0.6) is 0 Å². The molecule has 3 aromatic carbocycles. The Morgan fingerprint density at radius 3 is 2.38 bits per heavy atom. The Bertz CT molecular complexity index is 1150. The Kier molecular flexibility index (Phi) is 3.03. The third-order valence-electron chi connectivity index (χ3n) is 4.48. The SMILES string of the molecule is c1ccc(-n2c(-c3csc4ccccc34)cc3ccccc32)cc1. The van der Waals surface area contributed by atoms with Crippen LogP contribution in [0.2, 0.25) is 0 Å². The van der Waals surface area contributed by atoms with E-state index < -0.39 is 0 Å².